The zero-order valence-electron chi connectivity index (χ0n) is 12.7. The van der Waals surface area contributed by atoms with Gasteiger partial charge in [-0.15, -0.1) is 0 Å². The Morgan fingerprint density at radius 3 is 1.84 bits per heavy atom. The second-order valence-corrected chi connectivity index (χ2v) is 7.38. The summed E-state index contributed by atoms with van der Waals surface area (Å²) in [4.78, 5) is 11.4. The van der Waals surface area contributed by atoms with Gasteiger partial charge in [0.2, 0.25) is 5.91 Å². The Morgan fingerprint density at radius 1 is 1.05 bits per heavy atom. The Bertz CT molecular complexity index is 297. The molecule has 0 heterocycles. The van der Waals surface area contributed by atoms with Crippen molar-refractivity contribution in [1.82, 2.24) is 5.32 Å². The molecule has 0 fully saturated rings. The lowest BCUT2D eigenvalue weighted by Gasteiger charge is -2.33. The van der Waals surface area contributed by atoms with E-state index in [9.17, 15) is 18.0 Å². The first-order chi connectivity index (χ1) is 8.21. The van der Waals surface area contributed by atoms with E-state index in [0.717, 1.165) is 6.42 Å². The molecule has 0 aliphatic carbocycles. The fraction of sp³-hybridized carbons (Fsp3) is 0.929. The Hall–Kier alpha value is -0.740. The molecule has 0 bridgehead atoms. The molecular formula is C14H26F3NO. The summed E-state index contributed by atoms with van der Waals surface area (Å²) in [6.45, 7) is 12.0. The van der Waals surface area contributed by atoms with Crippen LogP contribution in [-0.2, 0) is 4.79 Å². The van der Waals surface area contributed by atoms with E-state index in [0.29, 0.717) is 6.42 Å². The monoisotopic (exact) mass is 281 g/mol. The molecule has 0 saturated heterocycles. The van der Waals surface area contributed by atoms with E-state index in [1.807, 2.05) is 20.8 Å². The number of hydrogen-bond acceptors (Lipinski definition) is 1. The Morgan fingerprint density at radius 2 is 1.53 bits per heavy atom. The number of rotatable bonds is 4. The number of nitrogens with one attached hydrogen (secondary N) is 1. The topological polar surface area (TPSA) is 29.1 Å². The minimum absolute atomic E-state index is 0.0955. The average Bonchev–Trinajstić information content (AvgIpc) is 2.05. The van der Waals surface area contributed by atoms with Gasteiger partial charge in [0.25, 0.3) is 0 Å². The van der Waals surface area contributed by atoms with Gasteiger partial charge in [0.05, 0.1) is 0 Å². The van der Waals surface area contributed by atoms with Gasteiger partial charge in [-0.25, -0.2) is 0 Å². The quantitative estimate of drug-likeness (QED) is 0.818. The van der Waals surface area contributed by atoms with Gasteiger partial charge in [0, 0.05) is 6.04 Å². The van der Waals surface area contributed by atoms with Gasteiger partial charge in [-0.3, -0.25) is 4.79 Å². The summed E-state index contributed by atoms with van der Waals surface area (Å²) in [5, 5.41) is 2.53. The van der Waals surface area contributed by atoms with Gasteiger partial charge in [-0.2, -0.15) is 13.2 Å². The molecule has 0 rings (SSSR count). The van der Waals surface area contributed by atoms with Gasteiger partial charge in [0.1, 0.15) is 6.42 Å². The molecule has 0 spiro atoms. The highest BCUT2D eigenvalue weighted by Crippen LogP contribution is 2.29. The van der Waals surface area contributed by atoms with Crippen molar-refractivity contribution in [2.24, 2.45) is 10.8 Å². The third kappa shape index (κ3) is 9.79. The highest BCUT2D eigenvalue weighted by atomic mass is 19.4. The van der Waals surface area contributed by atoms with Crippen LogP contribution in [0.5, 0.6) is 0 Å². The largest absolute Gasteiger partial charge is 0.397 e. The van der Waals surface area contributed by atoms with Crippen LogP contribution in [0.1, 0.15) is 60.8 Å². The smallest absolute Gasteiger partial charge is 0.353 e. The summed E-state index contributed by atoms with van der Waals surface area (Å²) >= 11 is 0. The first kappa shape index (κ1) is 18.3. The van der Waals surface area contributed by atoms with Crippen molar-refractivity contribution in [3.8, 4) is 0 Å². The molecule has 0 aromatic rings. The fourth-order valence-electron chi connectivity index (χ4n) is 1.73. The summed E-state index contributed by atoms with van der Waals surface area (Å²) in [6, 6.07) is -0.249. The summed E-state index contributed by atoms with van der Waals surface area (Å²) < 4.78 is 36.5. The van der Waals surface area contributed by atoms with E-state index in [4.69, 9.17) is 0 Å². The minimum atomic E-state index is -4.45. The third-order valence-corrected chi connectivity index (χ3v) is 2.92. The van der Waals surface area contributed by atoms with Crippen LogP contribution < -0.4 is 5.32 Å². The normalized spacial score (nSPS) is 15.2. The molecule has 5 heteroatoms. The number of alkyl halides is 3. The number of hydrogen-bond donors (Lipinski definition) is 1. The van der Waals surface area contributed by atoms with Crippen molar-refractivity contribution in [3.63, 3.8) is 0 Å². The van der Waals surface area contributed by atoms with Crippen molar-refractivity contribution in [2.75, 3.05) is 0 Å². The Balaban J connectivity index is 4.58. The molecule has 19 heavy (non-hydrogen) atoms. The molecule has 2 nitrogen and oxygen atoms in total. The summed E-state index contributed by atoms with van der Waals surface area (Å²) in [6.07, 6.45) is -4.33. The SMILES string of the molecule is CC(C)(C)CCC(NC(=O)CC(F)(F)F)C(C)(C)C. The maximum absolute atomic E-state index is 12.2. The Labute approximate surface area is 114 Å². The average molecular weight is 281 g/mol. The number of carbonyl (C=O) groups excluding carboxylic acids is 1. The standard InChI is InChI=1S/C14H26F3NO/c1-12(2,3)8-7-10(13(4,5)6)18-11(19)9-14(15,16)17/h10H,7-9H2,1-6H3,(H,18,19). The van der Waals surface area contributed by atoms with Crippen LogP contribution in [0.25, 0.3) is 0 Å². The molecule has 0 aromatic heterocycles. The summed E-state index contributed by atoms with van der Waals surface area (Å²) in [5.41, 5.74) is -0.162. The van der Waals surface area contributed by atoms with E-state index in [1.54, 1.807) is 0 Å². The summed E-state index contributed by atoms with van der Waals surface area (Å²) in [7, 11) is 0. The molecule has 0 aliphatic heterocycles. The lowest BCUT2D eigenvalue weighted by molar-refractivity contribution is -0.154. The zero-order valence-corrected chi connectivity index (χ0v) is 12.7. The second kappa shape index (κ2) is 6.14. The van der Waals surface area contributed by atoms with Crippen molar-refractivity contribution in [3.05, 3.63) is 0 Å². The van der Waals surface area contributed by atoms with Crippen LogP contribution in [0, 0.1) is 10.8 Å². The predicted molar refractivity (Wildman–Crippen MR) is 70.7 cm³/mol. The van der Waals surface area contributed by atoms with Crippen molar-refractivity contribution >= 4 is 5.91 Å². The molecule has 0 aromatic carbocycles. The maximum Gasteiger partial charge on any atom is 0.397 e. The predicted octanol–water partition coefficient (Wildman–Crippen LogP) is 4.30. The fourth-order valence-corrected chi connectivity index (χ4v) is 1.73. The van der Waals surface area contributed by atoms with Crippen molar-refractivity contribution < 1.29 is 18.0 Å². The van der Waals surface area contributed by atoms with Crippen molar-refractivity contribution in [1.29, 1.82) is 0 Å². The molecule has 1 atom stereocenters. The van der Waals surface area contributed by atoms with Gasteiger partial charge in [-0.1, -0.05) is 41.5 Å². The molecule has 0 aliphatic rings. The van der Waals surface area contributed by atoms with Crippen LogP contribution in [0.15, 0.2) is 0 Å². The van der Waals surface area contributed by atoms with Crippen LogP contribution in [-0.4, -0.2) is 18.1 Å². The van der Waals surface area contributed by atoms with Crippen molar-refractivity contribution in [2.45, 2.75) is 73.0 Å². The third-order valence-electron chi connectivity index (χ3n) is 2.92. The van der Waals surface area contributed by atoms with E-state index < -0.39 is 18.5 Å². The number of amides is 1. The highest BCUT2D eigenvalue weighted by molar-refractivity contribution is 5.77. The molecular weight excluding hydrogens is 255 g/mol. The minimum Gasteiger partial charge on any atom is -0.353 e. The summed E-state index contributed by atoms with van der Waals surface area (Å²) in [5.74, 6) is -0.943. The van der Waals surface area contributed by atoms with Crippen LogP contribution >= 0.6 is 0 Å². The van der Waals surface area contributed by atoms with E-state index in [1.165, 1.54) is 0 Å². The zero-order chi connectivity index (χ0) is 15.5. The number of carbonyl (C=O) groups is 1. The van der Waals surface area contributed by atoms with E-state index in [-0.39, 0.29) is 16.9 Å². The van der Waals surface area contributed by atoms with Crippen LogP contribution in [0.3, 0.4) is 0 Å². The van der Waals surface area contributed by atoms with Gasteiger partial charge < -0.3 is 5.32 Å². The second-order valence-electron chi connectivity index (χ2n) is 7.38. The maximum atomic E-state index is 12.2. The van der Waals surface area contributed by atoms with E-state index >= 15 is 0 Å². The molecule has 0 saturated carbocycles. The molecule has 114 valence electrons. The highest BCUT2D eigenvalue weighted by Gasteiger charge is 2.34. The Kier molecular flexibility index (Phi) is 5.90. The lowest BCUT2D eigenvalue weighted by Crippen LogP contribution is -2.45. The van der Waals surface area contributed by atoms with Gasteiger partial charge >= 0.3 is 6.18 Å². The van der Waals surface area contributed by atoms with Gasteiger partial charge in [0.15, 0.2) is 0 Å². The molecule has 0 radical (unpaired) electrons. The van der Waals surface area contributed by atoms with Gasteiger partial charge in [-0.05, 0) is 23.7 Å². The molecule has 1 unspecified atom stereocenters. The molecule has 1 N–H and O–H groups in total. The molecule has 1 amide bonds. The number of halogens is 3. The first-order valence-corrected chi connectivity index (χ1v) is 6.57. The van der Waals surface area contributed by atoms with E-state index in [2.05, 4.69) is 26.1 Å². The lowest BCUT2D eigenvalue weighted by atomic mass is 9.79. The first-order valence-electron chi connectivity index (χ1n) is 6.57. The van der Waals surface area contributed by atoms with Crippen LogP contribution in [0.4, 0.5) is 13.2 Å². The van der Waals surface area contributed by atoms with Crippen LogP contribution in [0.2, 0.25) is 0 Å².